The van der Waals surface area contributed by atoms with Crippen molar-refractivity contribution in [2.75, 3.05) is 33.5 Å². The van der Waals surface area contributed by atoms with Crippen molar-refractivity contribution in [1.29, 1.82) is 0 Å². The zero-order chi connectivity index (χ0) is 13.4. The lowest BCUT2D eigenvalue weighted by Gasteiger charge is -2.07. The van der Waals surface area contributed by atoms with E-state index >= 15 is 0 Å². The Morgan fingerprint density at radius 2 is 1.83 bits per heavy atom. The molecule has 1 aromatic rings. The first kappa shape index (κ1) is 15.6. The van der Waals surface area contributed by atoms with Crippen LogP contribution in [0.1, 0.15) is 0 Å². The SMILES string of the molecule is COCCOCCNS(=O)(=O)c1ccc(Br)cc1. The Hall–Kier alpha value is -0.470. The van der Waals surface area contributed by atoms with Gasteiger partial charge in [0.2, 0.25) is 10.0 Å². The third-order valence-corrected chi connectivity index (χ3v) is 4.10. The molecule has 0 fully saturated rings. The summed E-state index contributed by atoms with van der Waals surface area (Å²) in [6.07, 6.45) is 0. The summed E-state index contributed by atoms with van der Waals surface area (Å²) in [5.74, 6) is 0. The van der Waals surface area contributed by atoms with Gasteiger partial charge in [0.25, 0.3) is 0 Å². The first-order valence-corrected chi connectivity index (χ1v) is 7.66. The van der Waals surface area contributed by atoms with Crippen LogP contribution in [0.3, 0.4) is 0 Å². The van der Waals surface area contributed by atoms with Crippen LogP contribution < -0.4 is 4.72 Å². The Labute approximate surface area is 116 Å². The molecule has 0 radical (unpaired) electrons. The van der Waals surface area contributed by atoms with Crippen LogP contribution >= 0.6 is 15.9 Å². The van der Waals surface area contributed by atoms with Crippen LogP contribution in [-0.4, -0.2) is 41.9 Å². The van der Waals surface area contributed by atoms with Crippen LogP contribution in [0.5, 0.6) is 0 Å². The Morgan fingerprint density at radius 3 is 2.44 bits per heavy atom. The molecule has 0 aliphatic carbocycles. The van der Waals surface area contributed by atoms with Gasteiger partial charge in [-0.1, -0.05) is 15.9 Å². The number of rotatable bonds is 8. The highest BCUT2D eigenvalue weighted by Crippen LogP contribution is 2.14. The molecule has 0 heterocycles. The molecule has 0 spiro atoms. The van der Waals surface area contributed by atoms with E-state index in [0.717, 1.165) is 4.47 Å². The normalized spacial score (nSPS) is 11.7. The van der Waals surface area contributed by atoms with Gasteiger partial charge in [-0.05, 0) is 24.3 Å². The summed E-state index contributed by atoms with van der Waals surface area (Å²) in [6, 6.07) is 6.45. The topological polar surface area (TPSA) is 64.6 Å². The van der Waals surface area contributed by atoms with Gasteiger partial charge in [-0.15, -0.1) is 0 Å². The van der Waals surface area contributed by atoms with E-state index in [2.05, 4.69) is 20.7 Å². The van der Waals surface area contributed by atoms with Crippen molar-refractivity contribution in [3.8, 4) is 0 Å². The predicted molar refractivity (Wildman–Crippen MR) is 72.0 cm³/mol. The van der Waals surface area contributed by atoms with Crippen molar-refractivity contribution >= 4 is 26.0 Å². The fraction of sp³-hybridized carbons (Fsp3) is 0.455. The van der Waals surface area contributed by atoms with Crippen LogP contribution in [0.25, 0.3) is 0 Å². The summed E-state index contributed by atoms with van der Waals surface area (Å²) in [5.41, 5.74) is 0. The number of sulfonamides is 1. The molecule has 0 saturated heterocycles. The molecule has 102 valence electrons. The van der Waals surface area contributed by atoms with E-state index in [1.54, 1.807) is 19.2 Å². The first-order valence-electron chi connectivity index (χ1n) is 5.38. The number of hydrogen-bond donors (Lipinski definition) is 1. The van der Waals surface area contributed by atoms with Crippen molar-refractivity contribution in [3.63, 3.8) is 0 Å². The number of hydrogen-bond acceptors (Lipinski definition) is 4. The Kier molecular flexibility index (Phi) is 6.80. The molecule has 7 heteroatoms. The van der Waals surface area contributed by atoms with Crippen molar-refractivity contribution in [2.24, 2.45) is 0 Å². The van der Waals surface area contributed by atoms with E-state index in [1.807, 2.05) is 0 Å². The second kappa shape index (κ2) is 7.85. The van der Waals surface area contributed by atoms with Crippen LogP contribution in [0.15, 0.2) is 33.6 Å². The highest BCUT2D eigenvalue weighted by atomic mass is 79.9. The van der Waals surface area contributed by atoms with E-state index in [-0.39, 0.29) is 11.4 Å². The quantitative estimate of drug-likeness (QED) is 0.728. The monoisotopic (exact) mass is 337 g/mol. The molecule has 1 aromatic carbocycles. The Bertz CT molecular complexity index is 447. The molecule has 1 N–H and O–H groups in total. The summed E-state index contributed by atoms with van der Waals surface area (Å²) >= 11 is 3.25. The summed E-state index contributed by atoms with van der Waals surface area (Å²) < 4.78 is 36.9. The van der Waals surface area contributed by atoms with E-state index in [1.165, 1.54) is 12.1 Å². The van der Waals surface area contributed by atoms with Crippen molar-refractivity contribution < 1.29 is 17.9 Å². The molecule has 1 rings (SSSR count). The maximum absolute atomic E-state index is 11.8. The molecule has 0 atom stereocenters. The van der Waals surface area contributed by atoms with Crippen molar-refractivity contribution in [2.45, 2.75) is 4.90 Å². The summed E-state index contributed by atoms with van der Waals surface area (Å²) in [4.78, 5) is 0.239. The van der Waals surface area contributed by atoms with Gasteiger partial charge >= 0.3 is 0 Å². The molecule has 18 heavy (non-hydrogen) atoms. The summed E-state index contributed by atoms with van der Waals surface area (Å²) in [6.45, 7) is 1.51. The lowest BCUT2D eigenvalue weighted by molar-refractivity contribution is 0.0736. The molecule has 0 unspecified atom stereocenters. The molecule has 0 bridgehead atoms. The minimum Gasteiger partial charge on any atom is -0.382 e. The zero-order valence-electron chi connectivity index (χ0n) is 10.1. The molecule has 0 saturated carbocycles. The zero-order valence-corrected chi connectivity index (χ0v) is 12.5. The smallest absolute Gasteiger partial charge is 0.240 e. The number of ether oxygens (including phenoxy) is 2. The fourth-order valence-corrected chi connectivity index (χ4v) is 2.47. The molecular formula is C11H16BrNO4S. The summed E-state index contributed by atoms with van der Waals surface area (Å²) in [7, 11) is -1.87. The number of halogens is 1. The lowest BCUT2D eigenvalue weighted by atomic mass is 10.4. The fourth-order valence-electron chi connectivity index (χ4n) is 1.19. The third kappa shape index (κ3) is 5.45. The number of nitrogens with one attached hydrogen (secondary N) is 1. The van der Waals surface area contributed by atoms with Crippen LogP contribution in [-0.2, 0) is 19.5 Å². The minimum atomic E-state index is -3.45. The van der Waals surface area contributed by atoms with E-state index < -0.39 is 10.0 Å². The van der Waals surface area contributed by atoms with Gasteiger partial charge < -0.3 is 9.47 Å². The third-order valence-electron chi connectivity index (χ3n) is 2.09. The summed E-state index contributed by atoms with van der Waals surface area (Å²) in [5, 5.41) is 0. The second-order valence-corrected chi connectivity index (χ2v) is 6.14. The van der Waals surface area contributed by atoms with Crippen molar-refractivity contribution in [3.05, 3.63) is 28.7 Å². The van der Waals surface area contributed by atoms with E-state index in [4.69, 9.17) is 9.47 Å². The molecule has 0 aromatic heterocycles. The van der Waals surface area contributed by atoms with Crippen LogP contribution in [0.4, 0.5) is 0 Å². The predicted octanol–water partition coefficient (Wildman–Crippen LogP) is 1.39. The number of benzene rings is 1. The highest BCUT2D eigenvalue weighted by molar-refractivity contribution is 9.10. The maximum Gasteiger partial charge on any atom is 0.240 e. The molecule has 0 aliphatic rings. The average Bonchev–Trinajstić information content (AvgIpc) is 2.34. The second-order valence-electron chi connectivity index (χ2n) is 3.46. The van der Waals surface area contributed by atoms with Gasteiger partial charge in [0.05, 0.1) is 24.7 Å². The van der Waals surface area contributed by atoms with Gasteiger partial charge in [-0.2, -0.15) is 0 Å². The largest absolute Gasteiger partial charge is 0.382 e. The molecule has 0 amide bonds. The van der Waals surface area contributed by atoms with E-state index in [9.17, 15) is 8.42 Å². The minimum absolute atomic E-state index is 0.238. The molecular weight excluding hydrogens is 322 g/mol. The molecule has 5 nitrogen and oxygen atoms in total. The average molecular weight is 338 g/mol. The van der Waals surface area contributed by atoms with Crippen LogP contribution in [0, 0.1) is 0 Å². The highest BCUT2D eigenvalue weighted by Gasteiger charge is 2.12. The van der Waals surface area contributed by atoms with Gasteiger partial charge in [0.15, 0.2) is 0 Å². The maximum atomic E-state index is 11.8. The van der Waals surface area contributed by atoms with Gasteiger partial charge in [0, 0.05) is 18.1 Å². The first-order chi connectivity index (χ1) is 8.56. The Morgan fingerprint density at radius 1 is 1.17 bits per heavy atom. The number of methoxy groups -OCH3 is 1. The van der Waals surface area contributed by atoms with Crippen molar-refractivity contribution in [1.82, 2.24) is 4.72 Å². The van der Waals surface area contributed by atoms with Crippen LogP contribution in [0.2, 0.25) is 0 Å². The lowest BCUT2D eigenvalue weighted by Crippen LogP contribution is -2.27. The van der Waals surface area contributed by atoms with Gasteiger partial charge in [-0.3, -0.25) is 0 Å². The van der Waals surface area contributed by atoms with Gasteiger partial charge in [-0.25, -0.2) is 13.1 Å². The standard InChI is InChI=1S/C11H16BrNO4S/c1-16-8-9-17-7-6-13-18(14,15)11-4-2-10(12)3-5-11/h2-5,13H,6-9H2,1H3. The van der Waals surface area contributed by atoms with Gasteiger partial charge in [0.1, 0.15) is 0 Å². The molecule has 0 aliphatic heterocycles. The Balaban J connectivity index is 2.38. The van der Waals surface area contributed by atoms with E-state index in [0.29, 0.717) is 19.8 Å².